The van der Waals surface area contributed by atoms with E-state index < -0.39 is 5.97 Å². The molecule has 1 aliphatic heterocycles. The molecule has 1 aliphatic carbocycles. The molecule has 2 fully saturated rings. The standard InChI is InChI=1S/C12H19NO3/c14-11(5-2-6-12(15)16)13-7-9-3-1-4-10(9)8-13/h9-10H,1-8H2,(H,15,16). The third-order valence-electron chi connectivity index (χ3n) is 3.86. The van der Waals surface area contributed by atoms with Crippen molar-refractivity contribution in [2.24, 2.45) is 11.8 Å². The van der Waals surface area contributed by atoms with Crippen molar-refractivity contribution < 1.29 is 14.7 Å². The molecule has 1 heterocycles. The second-order valence-electron chi connectivity index (χ2n) is 5.00. The van der Waals surface area contributed by atoms with Crippen LogP contribution in [-0.2, 0) is 9.59 Å². The average Bonchev–Trinajstić information content (AvgIpc) is 2.75. The van der Waals surface area contributed by atoms with Crippen molar-refractivity contribution in [3.8, 4) is 0 Å². The topological polar surface area (TPSA) is 57.6 Å². The number of carbonyl (C=O) groups excluding carboxylic acids is 1. The summed E-state index contributed by atoms with van der Waals surface area (Å²) in [6, 6.07) is 0. The van der Waals surface area contributed by atoms with Crippen LogP contribution in [0.4, 0.5) is 0 Å². The molecule has 16 heavy (non-hydrogen) atoms. The van der Waals surface area contributed by atoms with E-state index in [9.17, 15) is 9.59 Å². The highest BCUT2D eigenvalue weighted by molar-refractivity contribution is 5.77. The van der Waals surface area contributed by atoms with Crippen LogP contribution in [-0.4, -0.2) is 35.0 Å². The van der Waals surface area contributed by atoms with Crippen LogP contribution in [0.15, 0.2) is 0 Å². The first-order valence-electron chi connectivity index (χ1n) is 6.16. The van der Waals surface area contributed by atoms with Crippen molar-refractivity contribution >= 4 is 11.9 Å². The van der Waals surface area contributed by atoms with E-state index in [4.69, 9.17) is 5.11 Å². The summed E-state index contributed by atoms with van der Waals surface area (Å²) in [5, 5.41) is 8.50. The van der Waals surface area contributed by atoms with Crippen molar-refractivity contribution in [1.82, 2.24) is 4.90 Å². The van der Waals surface area contributed by atoms with Gasteiger partial charge in [0.15, 0.2) is 0 Å². The van der Waals surface area contributed by atoms with Gasteiger partial charge < -0.3 is 10.0 Å². The van der Waals surface area contributed by atoms with Gasteiger partial charge in [-0.2, -0.15) is 0 Å². The Hall–Kier alpha value is -1.06. The fourth-order valence-electron chi connectivity index (χ4n) is 2.99. The number of aliphatic carboxylic acids is 1. The van der Waals surface area contributed by atoms with Crippen LogP contribution in [0.25, 0.3) is 0 Å². The highest BCUT2D eigenvalue weighted by atomic mass is 16.4. The van der Waals surface area contributed by atoms with E-state index in [0.717, 1.165) is 24.9 Å². The maximum atomic E-state index is 11.8. The molecule has 1 saturated heterocycles. The molecule has 2 unspecified atom stereocenters. The minimum absolute atomic E-state index is 0.104. The van der Waals surface area contributed by atoms with E-state index in [2.05, 4.69) is 0 Å². The number of hydrogen-bond acceptors (Lipinski definition) is 2. The van der Waals surface area contributed by atoms with E-state index in [1.165, 1.54) is 19.3 Å². The van der Waals surface area contributed by atoms with Gasteiger partial charge in [0.2, 0.25) is 5.91 Å². The van der Waals surface area contributed by atoms with E-state index >= 15 is 0 Å². The fourth-order valence-corrected chi connectivity index (χ4v) is 2.99. The average molecular weight is 225 g/mol. The van der Waals surface area contributed by atoms with Crippen LogP contribution in [0.3, 0.4) is 0 Å². The Balaban J connectivity index is 1.72. The van der Waals surface area contributed by atoms with Crippen LogP contribution < -0.4 is 0 Å². The molecule has 0 aromatic rings. The smallest absolute Gasteiger partial charge is 0.303 e. The lowest BCUT2D eigenvalue weighted by molar-refractivity contribution is -0.137. The second-order valence-corrected chi connectivity index (χ2v) is 5.00. The summed E-state index contributed by atoms with van der Waals surface area (Å²) in [5.41, 5.74) is 0. The molecule has 1 saturated carbocycles. The maximum absolute atomic E-state index is 11.8. The number of hydrogen-bond donors (Lipinski definition) is 1. The first kappa shape index (κ1) is 11.4. The van der Waals surface area contributed by atoms with Gasteiger partial charge in [-0.1, -0.05) is 6.42 Å². The summed E-state index contributed by atoms with van der Waals surface area (Å²) in [6.45, 7) is 1.83. The molecule has 4 heteroatoms. The zero-order chi connectivity index (χ0) is 11.5. The summed E-state index contributed by atoms with van der Waals surface area (Å²) in [6.07, 6.45) is 4.82. The van der Waals surface area contributed by atoms with Crippen LogP contribution in [0, 0.1) is 11.8 Å². The molecule has 1 N–H and O–H groups in total. The molecule has 2 rings (SSSR count). The SMILES string of the molecule is O=C(O)CCCC(=O)N1CC2CCCC2C1. The molecule has 2 aliphatic rings. The Morgan fingerprint density at radius 1 is 1.12 bits per heavy atom. The van der Waals surface area contributed by atoms with Crippen LogP contribution in [0.2, 0.25) is 0 Å². The summed E-state index contributed by atoms with van der Waals surface area (Å²) in [5.74, 6) is 0.786. The number of nitrogens with zero attached hydrogens (tertiary/aromatic N) is 1. The summed E-state index contributed by atoms with van der Waals surface area (Å²) >= 11 is 0. The van der Waals surface area contributed by atoms with Gasteiger partial charge in [-0.25, -0.2) is 0 Å². The van der Waals surface area contributed by atoms with Gasteiger partial charge in [-0.15, -0.1) is 0 Å². The monoisotopic (exact) mass is 225 g/mol. The lowest BCUT2D eigenvalue weighted by Crippen LogP contribution is -2.29. The number of fused-ring (bicyclic) bond motifs is 1. The van der Waals surface area contributed by atoms with Crippen molar-refractivity contribution in [3.63, 3.8) is 0 Å². The molecule has 0 radical (unpaired) electrons. The predicted octanol–water partition coefficient (Wildman–Crippen LogP) is 1.50. The van der Waals surface area contributed by atoms with Gasteiger partial charge in [0.1, 0.15) is 0 Å². The van der Waals surface area contributed by atoms with Gasteiger partial charge in [0, 0.05) is 25.9 Å². The highest BCUT2D eigenvalue weighted by Gasteiger charge is 2.37. The zero-order valence-corrected chi connectivity index (χ0v) is 9.52. The van der Waals surface area contributed by atoms with Crippen LogP contribution in [0.1, 0.15) is 38.5 Å². The Morgan fingerprint density at radius 3 is 2.31 bits per heavy atom. The van der Waals surface area contributed by atoms with Gasteiger partial charge in [0.05, 0.1) is 0 Å². The zero-order valence-electron chi connectivity index (χ0n) is 9.52. The van der Waals surface area contributed by atoms with Crippen molar-refractivity contribution in [2.75, 3.05) is 13.1 Å². The molecular formula is C12H19NO3. The van der Waals surface area contributed by atoms with Gasteiger partial charge in [0.25, 0.3) is 0 Å². The second kappa shape index (κ2) is 4.85. The van der Waals surface area contributed by atoms with E-state index in [1.54, 1.807) is 0 Å². The minimum atomic E-state index is -0.814. The van der Waals surface area contributed by atoms with E-state index in [1.807, 2.05) is 4.90 Å². The van der Waals surface area contributed by atoms with Crippen molar-refractivity contribution in [1.29, 1.82) is 0 Å². The molecule has 1 amide bonds. The quantitative estimate of drug-likeness (QED) is 0.788. The molecule has 90 valence electrons. The Morgan fingerprint density at radius 2 is 1.75 bits per heavy atom. The fraction of sp³-hybridized carbons (Fsp3) is 0.833. The molecule has 0 spiro atoms. The molecule has 0 aromatic carbocycles. The molecule has 4 nitrogen and oxygen atoms in total. The third-order valence-corrected chi connectivity index (χ3v) is 3.86. The van der Waals surface area contributed by atoms with Gasteiger partial charge in [-0.05, 0) is 31.1 Å². The largest absolute Gasteiger partial charge is 0.481 e. The van der Waals surface area contributed by atoms with E-state index in [-0.39, 0.29) is 12.3 Å². The Labute approximate surface area is 95.6 Å². The maximum Gasteiger partial charge on any atom is 0.303 e. The number of carboxylic acid groups (broad SMARTS) is 1. The number of carbonyl (C=O) groups is 2. The van der Waals surface area contributed by atoms with Crippen molar-refractivity contribution in [2.45, 2.75) is 38.5 Å². The van der Waals surface area contributed by atoms with Gasteiger partial charge >= 0.3 is 5.97 Å². The molecule has 0 bridgehead atoms. The Bertz CT molecular complexity index is 278. The Kier molecular flexibility index (Phi) is 3.46. The highest BCUT2D eigenvalue weighted by Crippen LogP contribution is 2.37. The first-order chi connectivity index (χ1) is 7.66. The summed E-state index contributed by atoms with van der Waals surface area (Å²) < 4.78 is 0. The predicted molar refractivity (Wildman–Crippen MR) is 58.9 cm³/mol. The number of likely N-dealkylation sites (tertiary alicyclic amines) is 1. The molecule has 0 aromatic heterocycles. The van der Waals surface area contributed by atoms with Crippen molar-refractivity contribution in [3.05, 3.63) is 0 Å². The summed E-state index contributed by atoms with van der Waals surface area (Å²) in [4.78, 5) is 24.1. The normalized spacial score (nSPS) is 28.1. The number of rotatable bonds is 4. The van der Waals surface area contributed by atoms with Gasteiger partial charge in [-0.3, -0.25) is 9.59 Å². The lowest BCUT2D eigenvalue weighted by Gasteiger charge is -2.16. The number of carboxylic acids is 1. The third kappa shape index (κ3) is 2.54. The summed E-state index contributed by atoms with van der Waals surface area (Å²) in [7, 11) is 0. The number of amides is 1. The first-order valence-corrected chi connectivity index (χ1v) is 6.16. The lowest BCUT2D eigenvalue weighted by atomic mass is 10.0. The molecule has 2 atom stereocenters. The van der Waals surface area contributed by atoms with E-state index in [0.29, 0.717) is 12.8 Å². The minimum Gasteiger partial charge on any atom is -0.481 e. The molecular weight excluding hydrogens is 206 g/mol. The van der Waals surface area contributed by atoms with Crippen LogP contribution in [0.5, 0.6) is 0 Å². The van der Waals surface area contributed by atoms with Crippen LogP contribution >= 0.6 is 0 Å².